The van der Waals surface area contributed by atoms with Crippen molar-refractivity contribution in [2.75, 3.05) is 12.9 Å². The van der Waals surface area contributed by atoms with Crippen LogP contribution in [0.1, 0.15) is 33.3 Å². The average molecular weight is 424 g/mol. The summed E-state index contributed by atoms with van der Waals surface area (Å²) in [7, 11) is 0. The maximum atomic E-state index is 12.9. The van der Waals surface area contributed by atoms with Gasteiger partial charge in [0.2, 0.25) is 0 Å². The van der Waals surface area contributed by atoms with E-state index in [0.29, 0.717) is 26.7 Å². The summed E-state index contributed by atoms with van der Waals surface area (Å²) in [5, 5.41) is 5.74. The molecule has 0 saturated heterocycles. The lowest BCUT2D eigenvalue weighted by Gasteiger charge is -2.08. The van der Waals surface area contributed by atoms with Crippen molar-refractivity contribution in [2.45, 2.75) is 18.4 Å². The number of aromatic nitrogens is 3. The summed E-state index contributed by atoms with van der Waals surface area (Å²) in [6.07, 6.45) is 4.78. The minimum absolute atomic E-state index is 0.00831. The summed E-state index contributed by atoms with van der Waals surface area (Å²) < 4.78 is 6.58. The Morgan fingerprint density at radius 2 is 1.93 bits per heavy atom. The molecule has 3 heterocycles. The number of ketones is 1. The van der Waals surface area contributed by atoms with Gasteiger partial charge < -0.3 is 4.74 Å². The summed E-state index contributed by atoms with van der Waals surface area (Å²) in [4.78, 5) is 28.9. The van der Waals surface area contributed by atoms with Crippen LogP contribution < -0.4 is 0 Å². The molecule has 0 spiro atoms. The molecule has 0 aliphatic heterocycles. The number of hydrogen-bond acceptors (Lipinski definition) is 6. The van der Waals surface area contributed by atoms with E-state index >= 15 is 0 Å². The average Bonchev–Trinajstić information content (AvgIpc) is 3.09. The highest BCUT2D eigenvalue weighted by Crippen LogP contribution is 2.27. The fraction of sp³-hybridized carbons (Fsp3) is 0.222. The van der Waals surface area contributed by atoms with Gasteiger partial charge in [0, 0.05) is 29.9 Å². The van der Waals surface area contributed by atoms with E-state index in [1.54, 1.807) is 29.6 Å². The van der Waals surface area contributed by atoms with E-state index in [1.807, 2.05) is 6.26 Å². The molecule has 0 amide bonds. The van der Waals surface area contributed by atoms with Crippen LogP contribution in [0, 0.1) is 0 Å². The van der Waals surface area contributed by atoms with E-state index in [9.17, 15) is 9.59 Å². The topological polar surface area (TPSA) is 73.6 Å². The molecule has 0 aliphatic carbocycles. The summed E-state index contributed by atoms with van der Waals surface area (Å²) >= 11 is 13.7. The lowest BCUT2D eigenvalue weighted by molar-refractivity contribution is 0.0518. The Labute approximate surface area is 169 Å². The Morgan fingerprint density at radius 3 is 2.56 bits per heavy atom. The van der Waals surface area contributed by atoms with Crippen molar-refractivity contribution in [1.82, 2.24) is 14.6 Å². The monoisotopic (exact) mass is 423 g/mol. The minimum Gasteiger partial charge on any atom is -0.461 e. The molecule has 0 aromatic carbocycles. The molecule has 0 N–H and O–H groups in total. The Morgan fingerprint density at radius 1 is 1.22 bits per heavy atom. The van der Waals surface area contributed by atoms with Gasteiger partial charge in [0.05, 0.1) is 27.2 Å². The number of Topliss-reactive ketones (excluding diaryl/α,β-unsaturated/α-hetero) is 1. The normalized spacial score (nSPS) is 11.0. The molecule has 3 aromatic heterocycles. The van der Waals surface area contributed by atoms with Gasteiger partial charge in [0.25, 0.3) is 0 Å². The lowest BCUT2D eigenvalue weighted by Crippen LogP contribution is -2.08. The zero-order valence-corrected chi connectivity index (χ0v) is 16.9. The van der Waals surface area contributed by atoms with Crippen LogP contribution in [0.4, 0.5) is 0 Å². The van der Waals surface area contributed by atoms with Gasteiger partial charge in [0.15, 0.2) is 11.5 Å². The van der Waals surface area contributed by atoms with Crippen molar-refractivity contribution in [3.05, 3.63) is 57.5 Å². The van der Waals surface area contributed by atoms with E-state index in [1.165, 1.54) is 24.2 Å². The van der Waals surface area contributed by atoms with Gasteiger partial charge in [-0.15, -0.1) is 11.8 Å². The van der Waals surface area contributed by atoms with E-state index < -0.39 is 5.97 Å². The molecule has 0 fully saturated rings. The molecule has 0 saturated carbocycles. The van der Waals surface area contributed by atoms with Gasteiger partial charge >= 0.3 is 5.97 Å². The third kappa shape index (κ3) is 3.95. The fourth-order valence-electron chi connectivity index (χ4n) is 2.61. The SMILES string of the molecule is CCOC(=O)c1cc2c(C(=O)Cc3c(Cl)cncc3Cl)ccc(SC)n2n1. The Balaban J connectivity index is 2.05. The second-order valence-electron chi connectivity index (χ2n) is 5.52. The summed E-state index contributed by atoms with van der Waals surface area (Å²) in [5.41, 5.74) is 1.60. The highest BCUT2D eigenvalue weighted by molar-refractivity contribution is 7.98. The first-order valence-electron chi connectivity index (χ1n) is 8.01. The molecule has 9 heteroatoms. The smallest absolute Gasteiger partial charge is 0.358 e. The third-order valence-electron chi connectivity index (χ3n) is 3.87. The maximum absolute atomic E-state index is 12.9. The molecule has 3 rings (SSSR count). The van der Waals surface area contributed by atoms with Crippen molar-refractivity contribution in [2.24, 2.45) is 0 Å². The number of ether oxygens (including phenoxy) is 1. The molecular weight excluding hydrogens is 409 g/mol. The first-order chi connectivity index (χ1) is 13.0. The van der Waals surface area contributed by atoms with Crippen LogP contribution in [-0.2, 0) is 11.2 Å². The van der Waals surface area contributed by atoms with Crippen molar-refractivity contribution in [3.63, 3.8) is 0 Å². The van der Waals surface area contributed by atoms with Crippen LogP contribution in [0.3, 0.4) is 0 Å². The van der Waals surface area contributed by atoms with Gasteiger partial charge in [-0.3, -0.25) is 9.78 Å². The predicted molar refractivity (Wildman–Crippen MR) is 105 cm³/mol. The molecule has 0 radical (unpaired) electrons. The third-order valence-corrected chi connectivity index (χ3v) is 5.25. The summed E-state index contributed by atoms with van der Waals surface area (Å²) in [6.45, 7) is 1.96. The van der Waals surface area contributed by atoms with E-state index in [-0.39, 0.29) is 24.5 Å². The highest BCUT2D eigenvalue weighted by Gasteiger charge is 2.20. The quantitative estimate of drug-likeness (QED) is 0.333. The van der Waals surface area contributed by atoms with Gasteiger partial charge in [0.1, 0.15) is 0 Å². The lowest BCUT2D eigenvalue weighted by atomic mass is 10.0. The molecule has 27 heavy (non-hydrogen) atoms. The molecule has 3 aromatic rings. The zero-order chi connectivity index (χ0) is 19.6. The van der Waals surface area contributed by atoms with Gasteiger partial charge in [-0.25, -0.2) is 9.31 Å². The number of thioether (sulfide) groups is 1. The predicted octanol–water partition coefficient (Wildman–Crippen LogP) is 4.36. The van der Waals surface area contributed by atoms with Crippen LogP contribution in [-0.4, -0.2) is 39.2 Å². The Bertz CT molecular complexity index is 1020. The number of esters is 1. The Hall–Kier alpha value is -2.09. The number of hydrogen-bond donors (Lipinski definition) is 0. The van der Waals surface area contributed by atoms with E-state index in [0.717, 1.165) is 5.03 Å². The molecule has 0 unspecified atom stereocenters. The van der Waals surface area contributed by atoms with Gasteiger partial charge in [-0.1, -0.05) is 23.2 Å². The van der Waals surface area contributed by atoms with E-state index in [4.69, 9.17) is 27.9 Å². The summed E-state index contributed by atoms with van der Waals surface area (Å²) in [6, 6.07) is 5.05. The second kappa shape index (κ2) is 8.29. The van der Waals surface area contributed by atoms with E-state index in [2.05, 4.69) is 10.1 Å². The zero-order valence-electron chi connectivity index (χ0n) is 14.5. The van der Waals surface area contributed by atoms with Crippen LogP contribution in [0.15, 0.2) is 35.6 Å². The number of pyridine rings is 2. The van der Waals surface area contributed by atoms with Gasteiger partial charge in [-0.05, 0) is 31.4 Å². The number of fused-ring (bicyclic) bond motifs is 1. The molecule has 0 aliphatic rings. The van der Waals surface area contributed by atoms with Crippen molar-refractivity contribution in [3.8, 4) is 0 Å². The van der Waals surface area contributed by atoms with Crippen LogP contribution in [0.5, 0.6) is 0 Å². The van der Waals surface area contributed by atoms with Crippen LogP contribution >= 0.6 is 35.0 Å². The number of nitrogens with zero attached hydrogens (tertiary/aromatic N) is 3. The molecule has 0 atom stereocenters. The van der Waals surface area contributed by atoms with Crippen molar-refractivity contribution in [1.29, 1.82) is 0 Å². The highest BCUT2D eigenvalue weighted by atomic mass is 35.5. The standard InChI is InChI=1S/C18H15Cl2N3O3S/c1-3-26-18(25)14-7-15-10(4-5-17(27-2)23(15)22-14)16(24)6-11-12(19)8-21-9-13(11)20/h4-5,7-9H,3,6H2,1-2H3. The fourth-order valence-corrected chi connectivity index (χ4v) is 3.62. The number of carbonyl (C=O) groups excluding carboxylic acids is 2. The van der Waals surface area contributed by atoms with Crippen LogP contribution in [0.25, 0.3) is 5.52 Å². The first-order valence-corrected chi connectivity index (χ1v) is 9.99. The minimum atomic E-state index is -0.535. The van der Waals surface area contributed by atoms with Crippen LogP contribution in [0.2, 0.25) is 10.0 Å². The molecule has 140 valence electrons. The summed E-state index contributed by atoms with van der Waals surface area (Å²) in [5.74, 6) is -0.732. The molecule has 6 nitrogen and oxygen atoms in total. The molecular formula is C18H15Cl2N3O3S. The maximum Gasteiger partial charge on any atom is 0.358 e. The molecule has 0 bridgehead atoms. The van der Waals surface area contributed by atoms with Crippen molar-refractivity contribution < 1.29 is 14.3 Å². The first kappa shape index (κ1) is 19.7. The Kier molecular flexibility index (Phi) is 6.04. The number of halogens is 2. The number of carbonyl (C=O) groups is 2. The largest absolute Gasteiger partial charge is 0.461 e. The van der Waals surface area contributed by atoms with Gasteiger partial charge in [-0.2, -0.15) is 5.10 Å². The number of rotatable bonds is 6. The van der Waals surface area contributed by atoms with Crippen molar-refractivity contribution >= 4 is 52.2 Å². The second-order valence-corrected chi connectivity index (χ2v) is 7.16.